The van der Waals surface area contributed by atoms with E-state index in [4.69, 9.17) is 19.9 Å². The van der Waals surface area contributed by atoms with Crippen LogP contribution >= 0.6 is 0 Å². The van der Waals surface area contributed by atoms with E-state index in [9.17, 15) is 0 Å². The summed E-state index contributed by atoms with van der Waals surface area (Å²) in [6.07, 6.45) is 4.18. The molecule has 2 aromatic heterocycles. The first-order chi connectivity index (χ1) is 33.1. The summed E-state index contributed by atoms with van der Waals surface area (Å²) in [5.41, 5.74) is 10.9. The molecule has 0 saturated heterocycles. The highest BCUT2D eigenvalue weighted by Gasteiger charge is 2.20. The fourth-order valence-corrected chi connectivity index (χ4v) is 9.75. The highest BCUT2D eigenvalue weighted by atomic mass is 15.0. The number of aromatic nitrogens is 4. The number of hydrogen-bond acceptors (Lipinski definition) is 4. The largest absolute Gasteiger partial charge is 0.247 e. The van der Waals surface area contributed by atoms with Crippen LogP contribution in [0, 0.1) is 0 Å². The summed E-state index contributed by atoms with van der Waals surface area (Å²) >= 11 is 0. The van der Waals surface area contributed by atoms with Gasteiger partial charge in [0.2, 0.25) is 0 Å². The van der Waals surface area contributed by atoms with Gasteiger partial charge in [0, 0.05) is 38.6 Å². The van der Waals surface area contributed by atoms with Gasteiger partial charge in [0.05, 0.1) is 11.4 Å². The van der Waals surface area contributed by atoms with Crippen LogP contribution in [0.2, 0.25) is 0 Å². The minimum absolute atomic E-state index is 0.588. The first-order valence-corrected chi connectivity index (χ1v) is 22.7. The van der Waals surface area contributed by atoms with Crippen LogP contribution in [0.1, 0.15) is 23.7 Å². The summed E-state index contributed by atoms with van der Waals surface area (Å²) in [5.74, 6) is 1.82. The molecule has 0 amide bonds. The fraction of sp³-hybridized carbons (Fsp3) is 0.0159. The molecule has 0 unspecified atom stereocenters. The van der Waals surface area contributed by atoms with Crippen molar-refractivity contribution in [2.24, 2.45) is 0 Å². The topological polar surface area (TPSA) is 51.6 Å². The Morgan fingerprint density at radius 2 is 0.866 bits per heavy atom. The maximum Gasteiger partial charge on any atom is 0.164 e. The molecule has 0 fully saturated rings. The molecule has 4 heteroatoms. The molecule has 2 heterocycles. The number of fused-ring (bicyclic) bond motifs is 6. The molecule has 0 N–H and O–H groups in total. The van der Waals surface area contributed by atoms with Gasteiger partial charge in [-0.15, -0.1) is 0 Å². The first kappa shape index (κ1) is 39.7. The minimum Gasteiger partial charge on any atom is -0.247 e. The zero-order chi connectivity index (χ0) is 44.8. The van der Waals surface area contributed by atoms with Crippen LogP contribution in [0.15, 0.2) is 219 Å². The van der Waals surface area contributed by atoms with Gasteiger partial charge in [0.15, 0.2) is 17.5 Å². The van der Waals surface area contributed by atoms with Crippen LogP contribution in [0.4, 0.5) is 0 Å². The summed E-state index contributed by atoms with van der Waals surface area (Å²) in [6.45, 7) is 6.55. The van der Waals surface area contributed by atoms with E-state index >= 15 is 0 Å². The zero-order valence-corrected chi connectivity index (χ0v) is 36.9. The zero-order valence-electron chi connectivity index (χ0n) is 36.9. The summed E-state index contributed by atoms with van der Waals surface area (Å²) in [7, 11) is 0. The molecule has 0 atom stereocenters. The molecule has 10 aromatic carbocycles. The quantitative estimate of drug-likeness (QED) is 0.143. The molecule has 0 aliphatic rings. The average Bonchev–Trinajstić information content (AvgIpc) is 3.40. The van der Waals surface area contributed by atoms with Crippen molar-refractivity contribution in [3.63, 3.8) is 0 Å². The Morgan fingerprint density at radius 1 is 0.388 bits per heavy atom. The number of hydrogen-bond donors (Lipinski definition) is 0. The minimum atomic E-state index is 0.588. The van der Waals surface area contributed by atoms with E-state index in [-0.39, 0.29) is 0 Å². The first-order valence-electron chi connectivity index (χ1n) is 22.7. The fourth-order valence-electron chi connectivity index (χ4n) is 9.75. The van der Waals surface area contributed by atoms with Gasteiger partial charge in [-0.3, -0.25) is 0 Å². The number of pyridine rings is 1. The van der Waals surface area contributed by atoms with E-state index < -0.39 is 0 Å². The van der Waals surface area contributed by atoms with Gasteiger partial charge < -0.3 is 0 Å². The molecule has 0 bridgehead atoms. The standard InChI is InChI=1S/C63H42N4/c1-3-49-58(64-60(45-22-5-4-6-23-45)57-35-34-44-21-10-14-30-54(44)59(49)57)36-40(2)46-37-47(53-31-15-24-41-18-7-11-27-50(41)53)39-48(38-46)61-65-62(55-32-16-25-42-19-8-12-28-51(42)55)67-63(66-61)56-33-17-26-43-20-9-13-29-52(43)56/h3-39H,1H2,2H3/b40-36+. The lowest BCUT2D eigenvalue weighted by molar-refractivity contribution is 1.08. The molecule has 12 aromatic rings. The monoisotopic (exact) mass is 854 g/mol. The van der Waals surface area contributed by atoms with E-state index in [0.717, 1.165) is 93.8 Å². The summed E-state index contributed by atoms with van der Waals surface area (Å²) in [4.78, 5) is 21.5. The van der Waals surface area contributed by atoms with Crippen molar-refractivity contribution in [2.75, 3.05) is 0 Å². The number of nitrogens with zero attached hydrogens (tertiary/aromatic N) is 4. The Kier molecular flexibility index (Phi) is 9.84. The van der Waals surface area contributed by atoms with Gasteiger partial charge in [0.25, 0.3) is 0 Å². The molecule has 0 radical (unpaired) electrons. The second kappa shape index (κ2) is 16.6. The van der Waals surface area contributed by atoms with Crippen LogP contribution < -0.4 is 0 Å². The van der Waals surface area contributed by atoms with Crippen molar-refractivity contribution >= 4 is 71.6 Å². The third-order valence-corrected chi connectivity index (χ3v) is 13.0. The number of rotatable bonds is 8. The molecule has 4 nitrogen and oxygen atoms in total. The van der Waals surface area contributed by atoms with E-state index in [1.807, 2.05) is 12.1 Å². The van der Waals surface area contributed by atoms with Crippen molar-refractivity contribution in [3.8, 4) is 56.5 Å². The highest BCUT2D eigenvalue weighted by molar-refractivity contribution is 6.16. The highest BCUT2D eigenvalue weighted by Crippen LogP contribution is 2.40. The van der Waals surface area contributed by atoms with Crippen LogP contribution in [0.3, 0.4) is 0 Å². The van der Waals surface area contributed by atoms with Crippen molar-refractivity contribution in [1.29, 1.82) is 0 Å². The van der Waals surface area contributed by atoms with E-state index in [0.29, 0.717) is 17.5 Å². The molecule has 0 aliphatic heterocycles. The lowest BCUT2D eigenvalue weighted by atomic mass is 9.91. The van der Waals surface area contributed by atoms with E-state index in [1.54, 1.807) is 0 Å². The molecular formula is C63H42N4. The van der Waals surface area contributed by atoms with Gasteiger partial charge >= 0.3 is 0 Å². The molecule has 0 aliphatic carbocycles. The summed E-state index contributed by atoms with van der Waals surface area (Å²) in [5, 5.41) is 11.3. The molecule has 12 rings (SSSR count). The van der Waals surface area contributed by atoms with Crippen LogP contribution in [0.5, 0.6) is 0 Å². The predicted molar refractivity (Wildman–Crippen MR) is 282 cm³/mol. The summed E-state index contributed by atoms with van der Waals surface area (Å²) < 4.78 is 0. The second-order valence-electron chi connectivity index (χ2n) is 17.1. The van der Waals surface area contributed by atoms with Gasteiger partial charge in [0.1, 0.15) is 0 Å². The third-order valence-electron chi connectivity index (χ3n) is 13.0. The normalized spacial score (nSPS) is 11.8. The number of benzene rings is 10. The Labute approximate surface area is 389 Å². The maximum atomic E-state index is 5.48. The molecule has 314 valence electrons. The van der Waals surface area contributed by atoms with Crippen molar-refractivity contribution in [3.05, 3.63) is 236 Å². The van der Waals surface area contributed by atoms with Crippen molar-refractivity contribution in [1.82, 2.24) is 19.9 Å². The molecule has 0 saturated carbocycles. The average molecular weight is 855 g/mol. The van der Waals surface area contributed by atoms with Crippen molar-refractivity contribution in [2.45, 2.75) is 6.92 Å². The number of allylic oxidation sites excluding steroid dienone is 1. The maximum absolute atomic E-state index is 5.48. The second-order valence-corrected chi connectivity index (χ2v) is 17.1. The lowest BCUT2D eigenvalue weighted by Crippen LogP contribution is -2.01. The van der Waals surface area contributed by atoms with E-state index in [1.165, 1.54) is 21.5 Å². The van der Waals surface area contributed by atoms with Crippen LogP contribution in [-0.2, 0) is 0 Å². The Hall–Kier alpha value is -8.86. The Morgan fingerprint density at radius 3 is 1.46 bits per heavy atom. The smallest absolute Gasteiger partial charge is 0.164 e. The SMILES string of the molecule is C=Cc1c(/C=C(\C)c2cc(-c3nc(-c4cccc5ccccc45)nc(-c4cccc5ccccc45)n3)cc(-c3cccc4ccccc34)c2)nc(-c2ccccc2)c2ccc3ccccc3c12. The molecular weight excluding hydrogens is 813 g/mol. The van der Waals surface area contributed by atoms with Crippen molar-refractivity contribution < 1.29 is 0 Å². The van der Waals surface area contributed by atoms with Crippen LogP contribution in [0.25, 0.3) is 128 Å². The molecule has 0 spiro atoms. The Bertz CT molecular complexity index is 3850. The summed E-state index contributed by atoms with van der Waals surface area (Å²) in [6, 6.07) is 74.7. The van der Waals surface area contributed by atoms with Crippen LogP contribution in [-0.4, -0.2) is 19.9 Å². The predicted octanol–water partition coefficient (Wildman–Crippen LogP) is 16.6. The molecule has 67 heavy (non-hydrogen) atoms. The van der Waals surface area contributed by atoms with Gasteiger partial charge in [-0.05, 0) is 96.6 Å². The third kappa shape index (κ3) is 7.13. The van der Waals surface area contributed by atoms with Gasteiger partial charge in [-0.25, -0.2) is 19.9 Å². The lowest BCUT2D eigenvalue weighted by Gasteiger charge is -2.16. The van der Waals surface area contributed by atoms with E-state index in [2.05, 4.69) is 226 Å². The van der Waals surface area contributed by atoms with Gasteiger partial charge in [-0.2, -0.15) is 0 Å². The van der Waals surface area contributed by atoms with Gasteiger partial charge in [-0.1, -0.05) is 207 Å². The Balaban J connectivity index is 1.12.